The standard InChI is InChI=1S/C4H8GeO2/c5-4-3-6-1-2-7-4/h1-3,5H2. The van der Waals surface area contributed by atoms with Gasteiger partial charge in [-0.05, 0) is 0 Å². The molecule has 1 aliphatic rings. The van der Waals surface area contributed by atoms with Gasteiger partial charge in [0.1, 0.15) is 0 Å². The molecule has 1 fully saturated rings. The van der Waals surface area contributed by atoms with Gasteiger partial charge in [-0.1, -0.05) is 0 Å². The zero-order chi connectivity index (χ0) is 5.11. The summed E-state index contributed by atoms with van der Waals surface area (Å²) < 4.78 is 11.3. The third-order valence-corrected chi connectivity index (χ3v) is 1.65. The SMILES string of the molecule is [GeH2]=[C]1COCCO1. The van der Waals surface area contributed by atoms with E-state index in [-0.39, 0.29) is 0 Å². The zero-order valence-corrected chi connectivity index (χ0v) is 7.11. The van der Waals surface area contributed by atoms with Crippen LogP contribution >= 0.6 is 0 Å². The Morgan fingerprint density at radius 1 is 1.43 bits per heavy atom. The molecule has 1 rings (SSSR count). The summed E-state index contributed by atoms with van der Waals surface area (Å²) in [6, 6.07) is 0. The molecule has 0 aromatic rings. The second kappa shape index (κ2) is 2.47. The zero-order valence-electron chi connectivity index (χ0n) is 4.14. The van der Waals surface area contributed by atoms with E-state index in [1.165, 1.54) is 0 Å². The molecule has 0 aromatic carbocycles. The molecular weight excluding hydrogens is 153 g/mol. The summed E-state index contributed by atoms with van der Waals surface area (Å²) in [7, 11) is 0. The van der Waals surface area contributed by atoms with Crippen LogP contribution in [-0.2, 0) is 9.47 Å². The van der Waals surface area contributed by atoms with Gasteiger partial charge in [0.25, 0.3) is 0 Å². The third kappa shape index (κ3) is 1.61. The van der Waals surface area contributed by atoms with Crippen molar-refractivity contribution in [3.8, 4) is 0 Å². The Morgan fingerprint density at radius 3 is 2.57 bits per heavy atom. The molecule has 1 aliphatic heterocycles. The van der Waals surface area contributed by atoms with E-state index in [0.717, 1.165) is 40.4 Å². The predicted octanol–water partition coefficient (Wildman–Crippen LogP) is -1.20. The van der Waals surface area contributed by atoms with Crippen molar-refractivity contribution in [1.82, 2.24) is 0 Å². The minimum absolute atomic E-state index is 0.736. The normalized spacial score (nSPS) is 21.4. The quantitative estimate of drug-likeness (QED) is 0.415. The first-order chi connectivity index (χ1) is 3.39. The van der Waals surface area contributed by atoms with E-state index in [4.69, 9.17) is 9.47 Å². The van der Waals surface area contributed by atoms with Gasteiger partial charge in [0, 0.05) is 0 Å². The molecule has 0 N–H and O–H groups in total. The summed E-state index contributed by atoms with van der Waals surface area (Å²) in [5.74, 6) is 0. The van der Waals surface area contributed by atoms with Gasteiger partial charge >= 0.3 is 49.9 Å². The molecule has 0 spiro atoms. The van der Waals surface area contributed by atoms with Gasteiger partial charge in [-0.3, -0.25) is 0 Å². The molecule has 0 aliphatic carbocycles. The molecule has 0 aromatic heterocycles. The number of hydrogen-bond acceptors (Lipinski definition) is 2. The van der Waals surface area contributed by atoms with Crippen LogP contribution in [0.5, 0.6) is 0 Å². The van der Waals surface area contributed by atoms with Gasteiger partial charge in [0.2, 0.25) is 0 Å². The fourth-order valence-corrected chi connectivity index (χ4v) is 1.08. The Hall–Kier alpha value is 0.173. The molecule has 3 heteroatoms. The fourth-order valence-electron chi connectivity index (χ4n) is 0.473. The Labute approximate surface area is 50.6 Å². The van der Waals surface area contributed by atoms with Gasteiger partial charge in [0.05, 0.1) is 0 Å². The van der Waals surface area contributed by atoms with Crippen molar-refractivity contribution in [2.24, 2.45) is 0 Å². The van der Waals surface area contributed by atoms with E-state index in [1.807, 2.05) is 0 Å². The second-order valence-electron chi connectivity index (χ2n) is 1.44. The third-order valence-electron chi connectivity index (χ3n) is 0.797. The summed E-state index contributed by atoms with van der Waals surface area (Å²) in [5, 5.41) is 0. The molecular formula is C4H8GeO2. The van der Waals surface area contributed by atoms with Gasteiger partial charge < -0.3 is 0 Å². The fraction of sp³-hybridized carbons (Fsp3) is 0.750. The maximum absolute atomic E-state index is 5.12. The van der Waals surface area contributed by atoms with E-state index >= 15 is 0 Å². The number of hydrogen-bond donors (Lipinski definition) is 0. The first-order valence-corrected chi connectivity index (χ1v) is 3.76. The topological polar surface area (TPSA) is 18.5 Å². The van der Waals surface area contributed by atoms with Gasteiger partial charge in [-0.2, -0.15) is 0 Å². The Bertz CT molecular complexity index is 73.8. The van der Waals surface area contributed by atoms with Crippen LogP contribution in [0.2, 0.25) is 0 Å². The predicted molar refractivity (Wildman–Crippen MR) is 30.3 cm³/mol. The van der Waals surface area contributed by atoms with E-state index in [9.17, 15) is 0 Å². The van der Waals surface area contributed by atoms with Gasteiger partial charge in [0.15, 0.2) is 0 Å². The molecule has 7 heavy (non-hydrogen) atoms. The first-order valence-electron chi connectivity index (χ1n) is 2.28. The van der Waals surface area contributed by atoms with E-state index in [0.29, 0.717) is 0 Å². The van der Waals surface area contributed by atoms with Gasteiger partial charge in [-0.25, -0.2) is 0 Å². The van der Waals surface area contributed by atoms with Crippen molar-refractivity contribution in [3.05, 3.63) is 0 Å². The van der Waals surface area contributed by atoms with Crippen molar-refractivity contribution in [1.29, 1.82) is 0 Å². The monoisotopic (exact) mass is 162 g/mol. The van der Waals surface area contributed by atoms with Crippen LogP contribution in [0.1, 0.15) is 0 Å². The van der Waals surface area contributed by atoms with E-state index in [1.54, 1.807) is 0 Å². The molecule has 0 radical (unpaired) electrons. The van der Waals surface area contributed by atoms with Crippen LogP contribution in [0.4, 0.5) is 0 Å². The molecule has 1 saturated heterocycles. The van der Waals surface area contributed by atoms with Crippen molar-refractivity contribution in [2.75, 3.05) is 19.8 Å². The molecule has 0 bridgehead atoms. The molecule has 0 saturated carbocycles. The maximum atomic E-state index is 5.12. The number of ether oxygens (including phenoxy) is 2. The molecule has 0 unspecified atom stereocenters. The second-order valence-corrected chi connectivity index (χ2v) is 3.09. The summed E-state index contributed by atoms with van der Waals surface area (Å²) in [4.78, 5) is 0. The molecule has 0 amide bonds. The minimum atomic E-state index is 0.736. The van der Waals surface area contributed by atoms with Crippen LogP contribution in [-0.4, -0.2) is 40.4 Å². The van der Waals surface area contributed by atoms with Crippen molar-refractivity contribution in [3.63, 3.8) is 0 Å². The molecule has 40 valence electrons. The van der Waals surface area contributed by atoms with Crippen molar-refractivity contribution >= 4 is 20.6 Å². The summed E-state index contributed by atoms with van der Waals surface area (Å²) in [6.07, 6.45) is 0. The van der Waals surface area contributed by atoms with Crippen LogP contribution in [0.3, 0.4) is 0 Å². The van der Waals surface area contributed by atoms with E-state index in [2.05, 4.69) is 0 Å². The van der Waals surface area contributed by atoms with Crippen molar-refractivity contribution in [2.45, 2.75) is 0 Å². The summed E-state index contributed by atoms with van der Waals surface area (Å²) >= 11 is 1.11. The first kappa shape index (κ1) is 5.31. The van der Waals surface area contributed by atoms with Gasteiger partial charge in [-0.15, -0.1) is 0 Å². The average Bonchev–Trinajstić information content (AvgIpc) is 1.69. The summed E-state index contributed by atoms with van der Waals surface area (Å²) in [5.41, 5.74) is 0. The van der Waals surface area contributed by atoms with Crippen LogP contribution < -0.4 is 0 Å². The van der Waals surface area contributed by atoms with E-state index < -0.39 is 0 Å². The average molecular weight is 161 g/mol. The molecule has 2 nitrogen and oxygen atoms in total. The summed E-state index contributed by atoms with van der Waals surface area (Å²) in [6.45, 7) is 2.26. The Kier molecular flexibility index (Phi) is 1.88. The van der Waals surface area contributed by atoms with Crippen LogP contribution in [0, 0.1) is 0 Å². The van der Waals surface area contributed by atoms with Crippen LogP contribution in [0.15, 0.2) is 0 Å². The van der Waals surface area contributed by atoms with Crippen molar-refractivity contribution < 1.29 is 9.47 Å². The Balaban J connectivity index is 2.25. The molecule has 0 atom stereocenters. The number of rotatable bonds is 0. The Morgan fingerprint density at radius 2 is 2.29 bits per heavy atom. The molecule has 1 heterocycles. The van der Waals surface area contributed by atoms with Crippen LogP contribution in [0.25, 0.3) is 0 Å².